The smallest absolute Gasteiger partial charge is 0.379 e. The molecule has 0 saturated carbocycles. The van der Waals surface area contributed by atoms with E-state index in [-0.39, 0.29) is 29.7 Å². The van der Waals surface area contributed by atoms with E-state index in [9.17, 15) is 14.8 Å². The molecule has 1 aromatic carbocycles. The number of pyridine rings is 1. The Bertz CT molecular complexity index is 1170. The minimum Gasteiger partial charge on any atom is -0.592 e. The lowest BCUT2D eigenvalue weighted by Gasteiger charge is -2.20. The summed E-state index contributed by atoms with van der Waals surface area (Å²) in [5.74, 6) is -1.12. The molecule has 0 fully saturated rings. The van der Waals surface area contributed by atoms with Gasteiger partial charge in [0.25, 0.3) is 0 Å². The zero-order valence-electron chi connectivity index (χ0n) is 16.6. The van der Waals surface area contributed by atoms with Crippen LogP contribution in [0.5, 0.6) is 0 Å². The number of benzene rings is 1. The lowest BCUT2D eigenvalue weighted by molar-refractivity contribution is -0.995. The molecule has 164 valence electrons. The highest BCUT2D eigenvalue weighted by atomic mass is 35.5. The second-order valence-electron chi connectivity index (χ2n) is 6.39. The van der Waals surface area contributed by atoms with Crippen LogP contribution in [0.2, 0.25) is 10.0 Å². The normalized spacial score (nSPS) is 12.1. The molecule has 3 aromatic rings. The molecule has 0 radical (unpaired) electrons. The van der Waals surface area contributed by atoms with E-state index in [0.717, 1.165) is 0 Å². The molecule has 0 amide bonds. The number of nitrogens with zero attached hydrogens (tertiary/aromatic N) is 4. The Morgan fingerprint density at radius 1 is 1.26 bits per heavy atom. The lowest BCUT2D eigenvalue weighted by atomic mass is 10.0. The summed E-state index contributed by atoms with van der Waals surface area (Å²) >= 11 is 12.2. The van der Waals surface area contributed by atoms with E-state index in [4.69, 9.17) is 33.1 Å². The summed E-state index contributed by atoms with van der Waals surface area (Å²) in [6, 6.07) is 6.09. The van der Waals surface area contributed by atoms with E-state index in [1.807, 2.05) is 6.92 Å². The molecule has 2 aromatic heterocycles. The lowest BCUT2D eigenvalue weighted by Crippen LogP contribution is -2.99. The predicted molar refractivity (Wildman–Crippen MR) is 113 cm³/mol. The number of aromatic nitrogens is 4. The maximum absolute atomic E-state index is 13.0. The van der Waals surface area contributed by atoms with Gasteiger partial charge in [-0.15, -0.1) is 0 Å². The Morgan fingerprint density at radius 3 is 2.58 bits per heavy atom. The topological polar surface area (TPSA) is 127 Å². The summed E-state index contributed by atoms with van der Waals surface area (Å²) in [6.07, 6.45) is 1.26. The first-order valence-electron chi connectivity index (χ1n) is 9.28. The van der Waals surface area contributed by atoms with Crippen LogP contribution in [0.3, 0.4) is 0 Å². The summed E-state index contributed by atoms with van der Waals surface area (Å²) in [4.78, 5) is 29.3. The molecule has 0 saturated heterocycles. The summed E-state index contributed by atoms with van der Waals surface area (Å²) in [6.45, 7) is 4.03. The Hall–Kier alpha value is -2.76. The van der Waals surface area contributed by atoms with Crippen LogP contribution in [0.15, 0.2) is 35.4 Å². The highest BCUT2D eigenvalue weighted by molar-refractivity contribution is 6.42. The largest absolute Gasteiger partial charge is 0.592 e. The van der Waals surface area contributed by atoms with Crippen LogP contribution in [0.1, 0.15) is 29.9 Å². The number of hydrogen-bond donors (Lipinski definition) is 2. The Labute approximate surface area is 186 Å². The maximum atomic E-state index is 13.0. The highest BCUT2D eigenvalue weighted by Crippen LogP contribution is 2.31. The van der Waals surface area contributed by atoms with Gasteiger partial charge in [-0.25, -0.2) is 14.7 Å². The van der Waals surface area contributed by atoms with E-state index >= 15 is 0 Å². The standard InChI is InChI=1S/C19H19Cl2N5O5/c1-3-25-12(9-24-10-22-19(23-24)26(29)30)8-15(27)16(18(28)31-4-2)17(25)11-5-6-13(20)14(21)7-11/h5-8,10,26,29H,3-4,9H2,1-2H3. The molecule has 0 aliphatic heterocycles. The van der Waals surface area contributed by atoms with Gasteiger partial charge in [0.1, 0.15) is 11.9 Å². The van der Waals surface area contributed by atoms with Crippen LogP contribution in [0.25, 0.3) is 11.3 Å². The summed E-state index contributed by atoms with van der Waals surface area (Å²) in [7, 11) is 0. The molecule has 2 heterocycles. The van der Waals surface area contributed by atoms with Crippen molar-refractivity contribution in [1.29, 1.82) is 0 Å². The number of halogens is 2. The van der Waals surface area contributed by atoms with Crippen LogP contribution in [-0.2, 0) is 17.8 Å². The van der Waals surface area contributed by atoms with E-state index in [1.165, 1.54) is 17.1 Å². The predicted octanol–water partition coefficient (Wildman–Crippen LogP) is 2.06. The average molecular weight is 468 g/mol. The number of esters is 1. The number of carbonyl (C=O) groups is 1. The molecule has 0 aliphatic rings. The molecule has 12 heteroatoms. The van der Waals surface area contributed by atoms with Crippen LogP contribution < -0.4 is 10.7 Å². The molecule has 31 heavy (non-hydrogen) atoms. The molecule has 1 unspecified atom stereocenters. The maximum Gasteiger partial charge on any atom is 0.379 e. The second-order valence-corrected chi connectivity index (χ2v) is 7.20. The Morgan fingerprint density at radius 2 is 2.00 bits per heavy atom. The number of hydrogen-bond acceptors (Lipinski definition) is 7. The molecular formula is C19H19Cl2N5O5. The first kappa shape index (κ1) is 22.9. The number of quaternary nitrogens is 1. The molecule has 3 rings (SSSR count). The Kier molecular flexibility index (Phi) is 7.08. The van der Waals surface area contributed by atoms with Gasteiger partial charge in [-0.05, 0) is 26.0 Å². The minimum absolute atomic E-state index is 0.0563. The zero-order chi connectivity index (χ0) is 22.7. The third kappa shape index (κ3) is 4.78. The first-order chi connectivity index (χ1) is 14.8. The van der Waals surface area contributed by atoms with Crippen molar-refractivity contribution in [3.05, 3.63) is 67.3 Å². The van der Waals surface area contributed by atoms with E-state index < -0.39 is 16.6 Å². The number of ether oxygens (including phenoxy) is 1. The second kappa shape index (κ2) is 9.58. The fraction of sp³-hybridized carbons (Fsp3) is 0.263. The van der Waals surface area contributed by atoms with Crippen molar-refractivity contribution in [2.45, 2.75) is 26.9 Å². The third-order valence-electron chi connectivity index (χ3n) is 4.44. The van der Waals surface area contributed by atoms with Crippen molar-refractivity contribution in [3.63, 3.8) is 0 Å². The van der Waals surface area contributed by atoms with Gasteiger partial charge in [0.05, 0.1) is 28.9 Å². The van der Waals surface area contributed by atoms with E-state index in [1.54, 1.807) is 29.7 Å². The van der Waals surface area contributed by atoms with Crippen molar-refractivity contribution < 1.29 is 20.0 Å². The molecule has 0 bridgehead atoms. The van der Waals surface area contributed by atoms with E-state index in [2.05, 4.69) is 10.1 Å². The van der Waals surface area contributed by atoms with Gasteiger partial charge in [-0.1, -0.05) is 34.4 Å². The number of nitrogens with one attached hydrogen (secondary N) is 1. The number of rotatable bonds is 7. The molecular weight excluding hydrogens is 449 g/mol. The van der Waals surface area contributed by atoms with Crippen LogP contribution in [0, 0.1) is 5.21 Å². The summed E-state index contributed by atoms with van der Waals surface area (Å²) in [5.41, 5.74) is 0.639. The van der Waals surface area contributed by atoms with Gasteiger partial charge in [0.2, 0.25) is 0 Å². The van der Waals surface area contributed by atoms with Gasteiger partial charge in [0.15, 0.2) is 5.43 Å². The quantitative estimate of drug-likeness (QED) is 0.402. The van der Waals surface area contributed by atoms with E-state index in [0.29, 0.717) is 28.5 Å². The summed E-state index contributed by atoms with van der Waals surface area (Å²) in [5, 5.41) is 23.3. The fourth-order valence-electron chi connectivity index (χ4n) is 3.17. The third-order valence-corrected chi connectivity index (χ3v) is 5.18. The molecule has 1 atom stereocenters. The van der Waals surface area contributed by atoms with Gasteiger partial charge in [-0.3, -0.25) is 4.79 Å². The van der Waals surface area contributed by atoms with Gasteiger partial charge >= 0.3 is 11.9 Å². The fourth-order valence-corrected chi connectivity index (χ4v) is 3.47. The van der Waals surface area contributed by atoms with Crippen LogP contribution in [0.4, 0.5) is 5.95 Å². The van der Waals surface area contributed by atoms with Crippen molar-refractivity contribution in [2.75, 3.05) is 6.61 Å². The van der Waals surface area contributed by atoms with Gasteiger partial charge in [-0.2, -0.15) is 10.2 Å². The van der Waals surface area contributed by atoms with Crippen molar-refractivity contribution in [1.82, 2.24) is 19.3 Å². The minimum atomic E-state index is -1.26. The van der Waals surface area contributed by atoms with Gasteiger partial charge < -0.3 is 14.5 Å². The SMILES string of the molecule is CCOC(=O)c1c(-c2ccc(Cl)c(Cl)c2)n(CC)c(Cn2cnc([NH+]([O-])O)n2)cc1=O. The van der Waals surface area contributed by atoms with Crippen molar-refractivity contribution >= 4 is 35.1 Å². The van der Waals surface area contributed by atoms with Crippen molar-refractivity contribution in [3.8, 4) is 11.3 Å². The molecule has 10 nitrogen and oxygen atoms in total. The van der Waals surface area contributed by atoms with Crippen LogP contribution >= 0.6 is 23.2 Å². The summed E-state index contributed by atoms with van der Waals surface area (Å²) < 4.78 is 8.15. The average Bonchev–Trinajstić information content (AvgIpc) is 3.18. The van der Waals surface area contributed by atoms with Gasteiger partial charge in [0, 0.05) is 23.9 Å². The molecule has 2 N–H and O–H groups in total. The van der Waals surface area contributed by atoms with Crippen molar-refractivity contribution in [2.24, 2.45) is 0 Å². The number of carbonyl (C=O) groups excluding carboxylic acids is 1. The Balaban J connectivity index is 2.23. The highest BCUT2D eigenvalue weighted by Gasteiger charge is 2.24. The zero-order valence-corrected chi connectivity index (χ0v) is 18.1. The monoisotopic (exact) mass is 467 g/mol. The first-order valence-corrected chi connectivity index (χ1v) is 10.0. The molecule has 0 aliphatic carbocycles. The molecule has 0 spiro atoms. The van der Waals surface area contributed by atoms with Crippen LogP contribution in [-0.4, -0.2) is 37.1 Å².